The van der Waals surface area contributed by atoms with Crippen molar-refractivity contribution in [3.8, 4) is 0 Å². The first-order valence-electron chi connectivity index (χ1n) is 8.58. The highest BCUT2D eigenvalue weighted by atomic mass is 35.5. The van der Waals surface area contributed by atoms with Crippen molar-refractivity contribution in [1.82, 2.24) is 5.32 Å². The Labute approximate surface area is 166 Å². The molecule has 8 heteroatoms. The molecule has 1 heterocycles. The van der Waals surface area contributed by atoms with Crippen molar-refractivity contribution >= 4 is 29.4 Å². The van der Waals surface area contributed by atoms with Gasteiger partial charge in [-0.15, -0.1) is 0 Å². The Bertz CT molecular complexity index is 872. The molecule has 1 aliphatic heterocycles. The number of epoxide rings is 1. The lowest BCUT2D eigenvalue weighted by molar-refractivity contribution is -0.146. The van der Waals surface area contributed by atoms with E-state index in [2.05, 4.69) is 5.32 Å². The Balaban J connectivity index is 1.50. The van der Waals surface area contributed by atoms with E-state index in [0.717, 1.165) is 5.56 Å². The largest absolute Gasteiger partial charge is 0.480 e. The highest BCUT2D eigenvalue weighted by Crippen LogP contribution is 2.25. The Morgan fingerprint density at radius 3 is 2.43 bits per heavy atom. The lowest BCUT2D eigenvalue weighted by atomic mass is 10.1. The molecular formula is C20H18ClNO6. The summed E-state index contributed by atoms with van der Waals surface area (Å²) in [6.45, 7) is -0.0432. The van der Waals surface area contributed by atoms with Gasteiger partial charge in [0.1, 0.15) is 12.6 Å². The van der Waals surface area contributed by atoms with Crippen LogP contribution in [0.4, 0.5) is 0 Å². The van der Waals surface area contributed by atoms with Crippen LogP contribution in [-0.2, 0) is 36.9 Å². The zero-order valence-corrected chi connectivity index (χ0v) is 15.5. The van der Waals surface area contributed by atoms with Gasteiger partial charge in [-0.1, -0.05) is 60.1 Å². The molecule has 3 rings (SSSR count). The molecule has 0 spiro atoms. The monoisotopic (exact) mass is 403 g/mol. The lowest BCUT2D eigenvalue weighted by Crippen LogP contribution is -2.44. The number of carbonyl (C=O) groups excluding carboxylic acids is 2. The molecule has 1 saturated heterocycles. The molecular weight excluding hydrogens is 386 g/mol. The average Bonchev–Trinajstić information content (AvgIpc) is 3.48. The Kier molecular flexibility index (Phi) is 6.28. The number of hydrogen-bond acceptors (Lipinski definition) is 5. The molecule has 2 unspecified atom stereocenters. The number of aliphatic carboxylic acids is 1. The summed E-state index contributed by atoms with van der Waals surface area (Å²) in [7, 11) is 0. The molecule has 0 aliphatic carbocycles. The van der Waals surface area contributed by atoms with Gasteiger partial charge in [0.15, 0.2) is 12.2 Å². The van der Waals surface area contributed by atoms with Gasteiger partial charge in [0, 0.05) is 17.0 Å². The van der Waals surface area contributed by atoms with E-state index in [0.29, 0.717) is 10.6 Å². The second-order valence-electron chi connectivity index (χ2n) is 6.27. The maximum absolute atomic E-state index is 12.2. The van der Waals surface area contributed by atoms with E-state index < -0.39 is 36.1 Å². The molecule has 1 amide bonds. The predicted molar refractivity (Wildman–Crippen MR) is 99.6 cm³/mol. The molecule has 2 N–H and O–H groups in total. The van der Waals surface area contributed by atoms with Gasteiger partial charge in [0.25, 0.3) is 5.91 Å². The van der Waals surface area contributed by atoms with E-state index in [-0.39, 0.29) is 13.0 Å². The summed E-state index contributed by atoms with van der Waals surface area (Å²) in [6.07, 6.45) is -1.99. The van der Waals surface area contributed by atoms with Gasteiger partial charge in [-0.25, -0.2) is 9.59 Å². The summed E-state index contributed by atoms with van der Waals surface area (Å²) in [5.41, 5.74) is 1.40. The number of nitrogens with one attached hydrogen (secondary N) is 1. The third-order valence-electron chi connectivity index (χ3n) is 4.21. The van der Waals surface area contributed by atoms with E-state index in [1.165, 1.54) is 0 Å². The van der Waals surface area contributed by atoms with Crippen LogP contribution in [-0.4, -0.2) is 41.2 Å². The third kappa shape index (κ3) is 5.09. The van der Waals surface area contributed by atoms with Crippen LogP contribution in [0.5, 0.6) is 0 Å². The fourth-order valence-electron chi connectivity index (χ4n) is 2.64. The van der Waals surface area contributed by atoms with Crippen molar-refractivity contribution in [2.75, 3.05) is 0 Å². The van der Waals surface area contributed by atoms with E-state index in [1.807, 2.05) is 6.07 Å². The van der Waals surface area contributed by atoms with Crippen LogP contribution in [0.2, 0.25) is 5.02 Å². The number of benzene rings is 2. The van der Waals surface area contributed by atoms with E-state index in [1.54, 1.807) is 48.5 Å². The number of carboxylic acids is 1. The van der Waals surface area contributed by atoms with Crippen molar-refractivity contribution in [2.24, 2.45) is 0 Å². The van der Waals surface area contributed by atoms with Crippen molar-refractivity contribution in [2.45, 2.75) is 31.3 Å². The molecule has 146 valence electrons. The number of esters is 1. The first-order chi connectivity index (χ1) is 13.5. The molecule has 28 heavy (non-hydrogen) atoms. The number of rotatable bonds is 8. The van der Waals surface area contributed by atoms with Crippen molar-refractivity contribution in [1.29, 1.82) is 0 Å². The topological polar surface area (TPSA) is 105 Å². The fourth-order valence-corrected chi connectivity index (χ4v) is 2.83. The van der Waals surface area contributed by atoms with E-state index in [4.69, 9.17) is 21.1 Å². The minimum absolute atomic E-state index is 0.0432. The standard InChI is InChI=1S/C20H18ClNO6/c21-14-9-5-4-8-13(14)11-27-20(26)17-16(28-17)18(23)22-15(19(24)25)10-12-6-2-1-3-7-12/h1-9,15-17H,10-11H2,(H,22,23)(H,24,25)/t15-,16?,17?/m0/s1. The number of hydrogen-bond donors (Lipinski definition) is 2. The second-order valence-corrected chi connectivity index (χ2v) is 6.67. The quantitative estimate of drug-likeness (QED) is 0.515. The minimum Gasteiger partial charge on any atom is -0.480 e. The molecule has 2 aromatic rings. The van der Waals surface area contributed by atoms with Crippen LogP contribution < -0.4 is 5.32 Å². The molecule has 3 atom stereocenters. The molecule has 2 aromatic carbocycles. The van der Waals surface area contributed by atoms with Crippen LogP contribution >= 0.6 is 11.6 Å². The number of carboxylic acid groups (broad SMARTS) is 1. The van der Waals surface area contributed by atoms with Crippen LogP contribution in [0.1, 0.15) is 11.1 Å². The highest BCUT2D eigenvalue weighted by molar-refractivity contribution is 6.31. The molecule has 0 radical (unpaired) electrons. The van der Waals surface area contributed by atoms with Crippen LogP contribution in [0.3, 0.4) is 0 Å². The summed E-state index contributed by atoms with van der Waals surface area (Å²) < 4.78 is 10.2. The molecule has 0 saturated carbocycles. The molecule has 0 aromatic heterocycles. The lowest BCUT2D eigenvalue weighted by Gasteiger charge is -2.13. The summed E-state index contributed by atoms with van der Waals surface area (Å²) in [6, 6.07) is 14.7. The zero-order chi connectivity index (χ0) is 20.1. The summed E-state index contributed by atoms with van der Waals surface area (Å²) >= 11 is 5.99. The SMILES string of the molecule is O=C(N[C@@H](Cc1ccccc1)C(=O)O)C1OC1C(=O)OCc1ccccc1Cl. The summed E-state index contributed by atoms with van der Waals surface area (Å²) in [5.74, 6) is -2.53. The zero-order valence-electron chi connectivity index (χ0n) is 14.7. The van der Waals surface area contributed by atoms with Crippen molar-refractivity contribution in [3.05, 3.63) is 70.7 Å². The van der Waals surface area contributed by atoms with Gasteiger partial charge in [-0.2, -0.15) is 0 Å². The maximum atomic E-state index is 12.2. The Morgan fingerprint density at radius 2 is 1.75 bits per heavy atom. The number of halogens is 1. The maximum Gasteiger partial charge on any atom is 0.338 e. The Hall–Kier alpha value is -2.90. The number of ether oxygens (including phenoxy) is 2. The summed E-state index contributed by atoms with van der Waals surface area (Å²) in [4.78, 5) is 35.7. The molecule has 1 fully saturated rings. The molecule has 7 nitrogen and oxygen atoms in total. The van der Waals surface area contributed by atoms with Gasteiger partial charge in [-0.3, -0.25) is 4.79 Å². The van der Waals surface area contributed by atoms with Gasteiger partial charge in [0.2, 0.25) is 0 Å². The van der Waals surface area contributed by atoms with Crippen LogP contribution in [0.25, 0.3) is 0 Å². The van der Waals surface area contributed by atoms with Gasteiger partial charge in [-0.05, 0) is 11.6 Å². The predicted octanol–water partition coefficient (Wildman–Crippen LogP) is 1.96. The van der Waals surface area contributed by atoms with E-state index >= 15 is 0 Å². The normalized spacial score (nSPS) is 18.8. The smallest absolute Gasteiger partial charge is 0.338 e. The average molecular weight is 404 g/mol. The number of amides is 1. The first-order valence-corrected chi connectivity index (χ1v) is 8.96. The Morgan fingerprint density at radius 1 is 1.07 bits per heavy atom. The fraction of sp³-hybridized carbons (Fsp3) is 0.250. The first kappa shape index (κ1) is 19.9. The third-order valence-corrected chi connectivity index (χ3v) is 4.58. The molecule has 0 bridgehead atoms. The van der Waals surface area contributed by atoms with Crippen molar-refractivity contribution < 1.29 is 29.0 Å². The van der Waals surface area contributed by atoms with Crippen LogP contribution in [0.15, 0.2) is 54.6 Å². The number of carbonyl (C=O) groups is 3. The minimum atomic E-state index is -1.17. The van der Waals surface area contributed by atoms with Crippen molar-refractivity contribution in [3.63, 3.8) is 0 Å². The highest BCUT2D eigenvalue weighted by Gasteiger charge is 2.52. The van der Waals surface area contributed by atoms with Crippen LogP contribution in [0, 0.1) is 0 Å². The van der Waals surface area contributed by atoms with E-state index in [9.17, 15) is 19.5 Å². The van der Waals surface area contributed by atoms with Gasteiger partial charge in [0.05, 0.1) is 0 Å². The van der Waals surface area contributed by atoms with Gasteiger partial charge < -0.3 is 19.9 Å². The molecule has 1 aliphatic rings. The summed E-state index contributed by atoms with van der Waals surface area (Å²) in [5, 5.41) is 12.2. The van der Waals surface area contributed by atoms with Gasteiger partial charge >= 0.3 is 11.9 Å². The second kappa shape index (κ2) is 8.86.